The van der Waals surface area contributed by atoms with Crippen LogP contribution in [0.1, 0.15) is 37.9 Å². The van der Waals surface area contributed by atoms with Gasteiger partial charge in [0.15, 0.2) is 0 Å². The van der Waals surface area contributed by atoms with Gasteiger partial charge >= 0.3 is 0 Å². The van der Waals surface area contributed by atoms with E-state index in [1.807, 2.05) is 30.5 Å². The molecule has 0 aliphatic rings. The van der Waals surface area contributed by atoms with E-state index in [9.17, 15) is 0 Å². The first-order valence-corrected chi connectivity index (χ1v) is 6.65. The topological polar surface area (TPSA) is 61.0 Å². The van der Waals surface area contributed by atoms with Crippen LogP contribution in [0.15, 0.2) is 30.5 Å². The van der Waals surface area contributed by atoms with Crippen LogP contribution in [0.3, 0.4) is 0 Å². The Morgan fingerprint density at radius 2 is 1.95 bits per heavy atom. The lowest BCUT2D eigenvalue weighted by Gasteiger charge is -2.17. The molecule has 106 valence electrons. The number of rotatable bonds is 3. The summed E-state index contributed by atoms with van der Waals surface area (Å²) in [5, 5.41) is 0. The Morgan fingerprint density at radius 1 is 1.20 bits per heavy atom. The van der Waals surface area contributed by atoms with Gasteiger partial charge in [-0.2, -0.15) is 0 Å². The van der Waals surface area contributed by atoms with Crippen LogP contribution < -0.4 is 10.5 Å². The fourth-order valence-electron chi connectivity index (χ4n) is 1.98. The summed E-state index contributed by atoms with van der Waals surface area (Å²) in [6.07, 6.45) is 2.48. The number of nitrogens with two attached hydrogens (primary N) is 1. The van der Waals surface area contributed by atoms with Gasteiger partial charge in [0.2, 0.25) is 0 Å². The fraction of sp³-hybridized carbons (Fsp3) is 0.375. The van der Waals surface area contributed by atoms with E-state index in [-0.39, 0.29) is 5.41 Å². The minimum Gasteiger partial charge on any atom is -0.495 e. The maximum absolute atomic E-state index is 5.92. The summed E-state index contributed by atoms with van der Waals surface area (Å²) >= 11 is 0. The van der Waals surface area contributed by atoms with E-state index < -0.39 is 0 Å². The molecular weight excluding hydrogens is 250 g/mol. The van der Waals surface area contributed by atoms with Crippen LogP contribution in [-0.4, -0.2) is 17.1 Å². The number of hydrogen-bond donors (Lipinski definition) is 1. The summed E-state index contributed by atoms with van der Waals surface area (Å²) in [5.41, 5.74) is 8.70. The van der Waals surface area contributed by atoms with Gasteiger partial charge in [-0.15, -0.1) is 0 Å². The van der Waals surface area contributed by atoms with Gasteiger partial charge in [-0.05, 0) is 23.8 Å². The van der Waals surface area contributed by atoms with Crippen molar-refractivity contribution in [2.45, 2.75) is 32.6 Å². The summed E-state index contributed by atoms with van der Waals surface area (Å²) in [6, 6.07) is 7.73. The average Bonchev–Trinajstić information content (AvgIpc) is 2.38. The minimum absolute atomic E-state index is 0.0244. The highest BCUT2D eigenvalue weighted by molar-refractivity contribution is 5.54. The van der Waals surface area contributed by atoms with Gasteiger partial charge in [0, 0.05) is 23.7 Å². The van der Waals surface area contributed by atoms with Crippen LogP contribution in [-0.2, 0) is 11.8 Å². The molecule has 4 heteroatoms. The Labute approximate surface area is 120 Å². The molecule has 0 unspecified atom stereocenters. The second-order valence-corrected chi connectivity index (χ2v) is 5.86. The highest BCUT2D eigenvalue weighted by Crippen LogP contribution is 2.23. The first kappa shape index (κ1) is 14.3. The average molecular weight is 271 g/mol. The Bertz CT molecular complexity index is 603. The first-order chi connectivity index (χ1) is 9.40. The lowest BCUT2D eigenvalue weighted by molar-refractivity contribution is 0.417. The second kappa shape index (κ2) is 5.49. The van der Waals surface area contributed by atoms with Crippen LogP contribution in [0.4, 0.5) is 5.69 Å². The van der Waals surface area contributed by atoms with Crippen LogP contribution >= 0.6 is 0 Å². The maximum atomic E-state index is 5.92. The molecule has 4 nitrogen and oxygen atoms in total. The fourth-order valence-corrected chi connectivity index (χ4v) is 1.98. The number of ether oxygens (including phenoxy) is 1. The zero-order valence-corrected chi connectivity index (χ0v) is 12.5. The number of anilines is 1. The molecule has 0 saturated heterocycles. The molecule has 20 heavy (non-hydrogen) atoms. The van der Waals surface area contributed by atoms with Crippen LogP contribution in [0.25, 0.3) is 0 Å². The van der Waals surface area contributed by atoms with Gasteiger partial charge in [-0.3, -0.25) is 0 Å². The number of hydrogen-bond acceptors (Lipinski definition) is 4. The predicted molar refractivity (Wildman–Crippen MR) is 80.9 cm³/mol. The summed E-state index contributed by atoms with van der Waals surface area (Å²) in [5.74, 6) is 1.50. The van der Waals surface area contributed by atoms with Gasteiger partial charge in [-0.25, -0.2) is 9.97 Å². The van der Waals surface area contributed by atoms with E-state index in [1.54, 1.807) is 7.11 Å². The lowest BCUT2D eigenvalue weighted by Crippen LogP contribution is -2.15. The van der Waals surface area contributed by atoms with E-state index in [2.05, 4.69) is 30.7 Å². The molecular formula is C16H21N3O. The Morgan fingerprint density at radius 3 is 2.55 bits per heavy atom. The smallest absolute Gasteiger partial charge is 0.141 e. The van der Waals surface area contributed by atoms with Gasteiger partial charge in [-0.1, -0.05) is 26.8 Å². The molecule has 2 rings (SSSR count). The van der Waals surface area contributed by atoms with Crippen molar-refractivity contribution in [1.82, 2.24) is 9.97 Å². The standard InChI is InChI=1S/C16H21N3O/c1-16(2,3)14-7-8-18-15(19-14)10-11-5-6-13(20-4)12(17)9-11/h5-9H,10,17H2,1-4H3. The van der Waals surface area contributed by atoms with Gasteiger partial charge in [0.25, 0.3) is 0 Å². The molecule has 2 N–H and O–H groups in total. The third-order valence-corrected chi connectivity index (χ3v) is 3.13. The summed E-state index contributed by atoms with van der Waals surface area (Å²) in [6.45, 7) is 6.43. The van der Waals surface area contributed by atoms with Gasteiger partial charge < -0.3 is 10.5 Å². The quantitative estimate of drug-likeness (QED) is 0.872. The molecule has 2 aromatic rings. The molecule has 0 radical (unpaired) electrons. The van der Waals surface area contributed by atoms with Crippen molar-refractivity contribution in [3.63, 3.8) is 0 Å². The van der Waals surface area contributed by atoms with E-state index in [0.29, 0.717) is 17.9 Å². The van der Waals surface area contributed by atoms with E-state index in [4.69, 9.17) is 10.5 Å². The van der Waals surface area contributed by atoms with Gasteiger partial charge in [0.05, 0.1) is 12.8 Å². The lowest BCUT2D eigenvalue weighted by atomic mass is 9.92. The molecule has 0 saturated carbocycles. The van der Waals surface area contributed by atoms with Crippen molar-refractivity contribution in [2.24, 2.45) is 0 Å². The third kappa shape index (κ3) is 3.26. The largest absolute Gasteiger partial charge is 0.495 e. The molecule has 0 aliphatic carbocycles. The first-order valence-electron chi connectivity index (χ1n) is 6.65. The zero-order valence-electron chi connectivity index (χ0n) is 12.5. The Hall–Kier alpha value is -2.10. The normalized spacial score (nSPS) is 11.4. The maximum Gasteiger partial charge on any atom is 0.141 e. The SMILES string of the molecule is COc1ccc(Cc2nccc(C(C)(C)C)n2)cc1N. The van der Waals surface area contributed by atoms with Crippen molar-refractivity contribution in [3.05, 3.63) is 47.5 Å². The zero-order chi connectivity index (χ0) is 14.8. The summed E-state index contributed by atoms with van der Waals surface area (Å²) in [7, 11) is 1.61. The van der Waals surface area contributed by atoms with Crippen molar-refractivity contribution in [1.29, 1.82) is 0 Å². The van der Waals surface area contributed by atoms with Crippen LogP contribution in [0.5, 0.6) is 5.75 Å². The molecule has 1 aromatic carbocycles. The van der Waals surface area contributed by atoms with Crippen LogP contribution in [0.2, 0.25) is 0 Å². The molecule has 1 aromatic heterocycles. The number of nitrogens with zero attached hydrogens (tertiary/aromatic N) is 2. The molecule has 1 heterocycles. The molecule has 0 bridgehead atoms. The number of benzene rings is 1. The summed E-state index contributed by atoms with van der Waals surface area (Å²) < 4.78 is 5.16. The highest BCUT2D eigenvalue weighted by atomic mass is 16.5. The van der Waals surface area contributed by atoms with Crippen molar-refractivity contribution < 1.29 is 4.74 Å². The number of aromatic nitrogens is 2. The molecule has 0 amide bonds. The van der Waals surface area contributed by atoms with Crippen molar-refractivity contribution >= 4 is 5.69 Å². The Balaban J connectivity index is 2.24. The monoisotopic (exact) mass is 271 g/mol. The van der Waals surface area contributed by atoms with E-state index >= 15 is 0 Å². The van der Waals surface area contributed by atoms with Gasteiger partial charge in [0.1, 0.15) is 11.6 Å². The van der Waals surface area contributed by atoms with E-state index in [0.717, 1.165) is 17.1 Å². The predicted octanol–water partition coefficient (Wildman–Crippen LogP) is 2.96. The third-order valence-electron chi connectivity index (χ3n) is 3.13. The number of methoxy groups -OCH3 is 1. The second-order valence-electron chi connectivity index (χ2n) is 5.86. The van der Waals surface area contributed by atoms with Crippen molar-refractivity contribution in [2.75, 3.05) is 12.8 Å². The molecule has 0 spiro atoms. The minimum atomic E-state index is 0.0244. The number of nitrogen functional groups attached to an aromatic ring is 1. The Kier molecular flexibility index (Phi) is 3.93. The van der Waals surface area contributed by atoms with E-state index in [1.165, 1.54) is 0 Å². The molecule has 0 aliphatic heterocycles. The van der Waals surface area contributed by atoms with Crippen LogP contribution in [0, 0.1) is 0 Å². The van der Waals surface area contributed by atoms with Crippen molar-refractivity contribution in [3.8, 4) is 5.75 Å². The molecule has 0 fully saturated rings. The molecule has 0 atom stereocenters. The highest BCUT2D eigenvalue weighted by Gasteiger charge is 2.16. The summed E-state index contributed by atoms with van der Waals surface area (Å²) in [4.78, 5) is 8.97.